The van der Waals surface area contributed by atoms with Crippen molar-refractivity contribution >= 4 is 48.2 Å². The Kier molecular flexibility index (Phi) is 9.55. The predicted octanol–water partition coefficient (Wildman–Crippen LogP) is 3.08. The number of aromatic nitrogens is 4. The maximum atomic E-state index is 14.5. The standard InChI is InChI=1S/C24H31ClF2N7O7P/c1-12(2)39-20(36)13(3)33-42(37,41-14-8-6-5-7-9-14)38-10-15-17(35)24(25,21(26)27)22(40-15)34-11-30-16-18(29-4)31-23(28)32-19(16)34/h5-9,11-13,15,17,21-22,35H,10H2,1-4H3,(H,33,37)(H3,28,29,31,32)/t13?,15-,17-,22-,24+,42+/m1/s1. The molecule has 1 aliphatic heterocycles. The second-order valence-electron chi connectivity index (χ2n) is 9.64. The number of ether oxygens (including phenoxy) is 2. The van der Waals surface area contributed by atoms with E-state index in [4.69, 9.17) is 35.9 Å². The van der Waals surface area contributed by atoms with Gasteiger partial charge in [0.05, 0.1) is 19.0 Å². The number of esters is 1. The van der Waals surface area contributed by atoms with Gasteiger partial charge in [0.25, 0.3) is 6.43 Å². The van der Waals surface area contributed by atoms with E-state index in [0.717, 1.165) is 10.9 Å². The third kappa shape index (κ3) is 6.43. The summed E-state index contributed by atoms with van der Waals surface area (Å²) in [5.41, 5.74) is 5.97. The summed E-state index contributed by atoms with van der Waals surface area (Å²) in [5.74, 6) is -0.582. The normalized spacial score (nSPS) is 24.6. The van der Waals surface area contributed by atoms with Crippen molar-refractivity contribution in [2.75, 3.05) is 24.7 Å². The molecule has 1 aromatic carbocycles. The topological polar surface area (TPSA) is 185 Å². The molecule has 2 aromatic heterocycles. The lowest BCUT2D eigenvalue weighted by atomic mass is 9.99. The number of hydrogen-bond acceptors (Lipinski definition) is 12. The summed E-state index contributed by atoms with van der Waals surface area (Å²) in [6.07, 6.45) is -7.94. The average Bonchev–Trinajstić information content (AvgIpc) is 3.45. The molecule has 1 unspecified atom stereocenters. The molecule has 1 fully saturated rings. The van der Waals surface area contributed by atoms with Crippen LogP contribution in [0.25, 0.3) is 11.2 Å². The van der Waals surface area contributed by atoms with E-state index in [1.807, 2.05) is 0 Å². The lowest BCUT2D eigenvalue weighted by Gasteiger charge is -2.29. The van der Waals surface area contributed by atoms with Gasteiger partial charge in [-0.3, -0.25) is 13.9 Å². The zero-order valence-corrected chi connectivity index (χ0v) is 24.6. The van der Waals surface area contributed by atoms with Crippen LogP contribution in [-0.4, -0.2) is 79.9 Å². The number of fused-ring (bicyclic) bond motifs is 1. The molecule has 42 heavy (non-hydrogen) atoms. The van der Waals surface area contributed by atoms with Crippen molar-refractivity contribution in [3.8, 4) is 5.75 Å². The number of benzene rings is 1. The third-order valence-corrected chi connectivity index (χ3v) is 8.40. The molecule has 0 saturated carbocycles. The summed E-state index contributed by atoms with van der Waals surface area (Å²) >= 11 is 6.38. The Morgan fingerprint density at radius 1 is 1.29 bits per heavy atom. The Hall–Kier alpha value is -3.14. The zero-order valence-electron chi connectivity index (χ0n) is 23.0. The molecule has 6 atom stereocenters. The van der Waals surface area contributed by atoms with Crippen LogP contribution in [0.3, 0.4) is 0 Å². The van der Waals surface area contributed by atoms with Gasteiger partial charge in [0.15, 0.2) is 28.1 Å². The molecule has 0 spiro atoms. The Morgan fingerprint density at radius 3 is 2.60 bits per heavy atom. The second kappa shape index (κ2) is 12.6. The fourth-order valence-electron chi connectivity index (χ4n) is 4.21. The van der Waals surface area contributed by atoms with E-state index in [9.17, 15) is 23.2 Å². The van der Waals surface area contributed by atoms with Crippen LogP contribution in [0.4, 0.5) is 20.5 Å². The van der Waals surface area contributed by atoms with Crippen LogP contribution in [0.5, 0.6) is 5.75 Å². The van der Waals surface area contributed by atoms with Crippen LogP contribution in [0, 0.1) is 0 Å². The second-order valence-corrected chi connectivity index (χ2v) is 12.0. The van der Waals surface area contributed by atoms with Crippen LogP contribution >= 0.6 is 19.3 Å². The van der Waals surface area contributed by atoms with E-state index in [1.165, 1.54) is 19.1 Å². The van der Waals surface area contributed by atoms with E-state index in [-0.39, 0.29) is 28.7 Å². The molecule has 5 N–H and O–H groups in total. The van der Waals surface area contributed by atoms with Crippen LogP contribution in [-0.2, 0) is 23.4 Å². The smallest absolute Gasteiger partial charge is 0.459 e. The van der Waals surface area contributed by atoms with Gasteiger partial charge in [-0.1, -0.05) is 18.2 Å². The third-order valence-electron chi connectivity index (χ3n) is 6.19. The Morgan fingerprint density at radius 2 is 1.98 bits per heavy atom. The number of para-hydroxylation sites is 1. The maximum Gasteiger partial charge on any atom is 0.459 e. The van der Waals surface area contributed by atoms with Crippen LogP contribution in [0.1, 0.15) is 27.0 Å². The van der Waals surface area contributed by atoms with Gasteiger partial charge in [-0.15, -0.1) is 11.6 Å². The molecule has 1 saturated heterocycles. The number of nitrogens with zero attached hydrogens (tertiary/aromatic N) is 4. The average molecular weight is 634 g/mol. The number of aliphatic hydroxyl groups excluding tert-OH is 1. The first-order valence-corrected chi connectivity index (χ1v) is 14.7. The molecule has 14 nitrogen and oxygen atoms in total. The van der Waals surface area contributed by atoms with Gasteiger partial charge >= 0.3 is 13.7 Å². The van der Waals surface area contributed by atoms with Crippen molar-refractivity contribution in [2.24, 2.45) is 0 Å². The van der Waals surface area contributed by atoms with Crippen molar-refractivity contribution < 1.29 is 41.8 Å². The molecular weight excluding hydrogens is 603 g/mol. The quantitative estimate of drug-likeness (QED) is 0.130. The Labute approximate surface area is 244 Å². The van der Waals surface area contributed by atoms with E-state index in [1.54, 1.807) is 39.1 Å². The summed E-state index contributed by atoms with van der Waals surface area (Å²) < 4.78 is 65.9. The number of nitrogens with two attached hydrogens (primary N) is 1. The van der Waals surface area contributed by atoms with Gasteiger partial charge in [-0.2, -0.15) is 15.1 Å². The first-order chi connectivity index (χ1) is 19.8. The van der Waals surface area contributed by atoms with Crippen LogP contribution in [0.2, 0.25) is 0 Å². The maximum absolute atomic E-state index is 14.5. The Bertz CT molecular complexity index is 1450. The number of carbonyl (C=O) groups is 1. The fraction of sp³-hybridized carbons (Fsp3) is 0.500. The number of nitrogens with one attached hydrogen (secondary N) is 2. The van der Waals surface area contributed by atoms with Gasteiger partial charge in [-0.05, 0) is 32.9 Å². The minimum Gasteiger partial charge on any atom is -0.462 e. The van der Waals surface area contributed by atoms with Crippen molar-refractivity contribution in [1.82, 2.24) is 24.6 Å². The highest BCUT2D eigenvalue weighted by Gasteiger charge is 2.62. The number of hydrogen-bond donors (Lipinski definition) is 4. The lowest BCUT2D eigenvalue weighted by molar-refractivity contribution is -0.149. The molecule has 3 heterocycles. The summed E-state index contributed by atoms with van der Waals surface area (Å²) in [7, 11) is -2.86. The molecule has 230 valence electrons. The summed E-state index contributed by atoms with van der Waals surface area (Å²) in [6, 6.07) is 6.73. The molecule has 0 aliphatic carbocycles. The van der Waals surface area contributed by atoms with Crippen molar-refractivity contribution in [3.05, 3.63) is 36.7 Å². The first kappa shape index (κ1) is 31.8. The molecule has 1 aliphatic rings. The van der Waals surface area contributed by atoms with Gasteiger partial charge in [0, 0.05) is 7.05 Å². The summed E-state index contributed by atoms with van der Waals surface area (Å²) in [5, 5.41) is 16.2. The highest BCUT2D eigenvalue weighted by atomic mass is 35.5. The summed E-state index contributed by atoms with van der Waals surface area (Å²) in [6.45, 7) is 3.92. The molecule has 4 rings (SSSR count). The van der Waals surface area contributed by atoms with Crippen molar-refractivity contribution in [3.63, 3.8) is 0 Å². The SMILES string of the molecule is CNc1nc(N)nc2c1ncn2[C@@H]1O[C@H](CO[P@@](=O)(NC(C)C(=O)OC(C)C)Oc2ccccc2)[C@@H](O)[C@]1(Cl)C(F)F. The first-order valence-electron chi connectivity index (χ1n) is 12.7. The predicted molar refractivity (Wildman–Crippen MR) is 148 cm³/mol. The number of halogens is 3. The molecule has 0 amide bonds. The number of aliphatic hydroxyl groups is 1. The van der Waals surface area contributed by atoms with E-state index in [0.29, 0.717) is 0 Å². The highest BCUT2D eigenvalue weighted by Crippen LogP contribution is 2.51. The van der Waals surface area contributed by atoms with E-state index < -0.39 is 62.2 Å². The van der Waals surface area contributed by atoms with E-state index >= 15 is 0 Å². The zero-order chi connectivity index (χ0) is 30.8. The number of imidazole rings is 1. The van der Waals surface area contributed by atoms with Crippen LogP contribution in [0.15, 0.2) is 36.7 Å². The number of carbonyl (C=O) groups excluding carboxylic acids is 1. The molecular formula is C24H31ClF2N7O7P. The largest absolute Gasteiger partial charge is 0.462 e. The fourth-order valence-corrected chi connectivity index (χ4v) is 6.01. The van der Waals surface area contributed by atoms with Gasteiger partial charge in [0.2, 0.25) is 5.95 Å². The number of alkyl halides is 3. The minimum atomic E-state index is -4.41. The molecule has 0 bridgehead atoms. The summed E-state index contributed by atoms with van der Waals surface area (Å²) in [4.78, 5) is 21.9. The Balaban J connectivity index is 1.62. The monoisotopic (exact) mass is 633 g/mol. The molecule has 18 heteroatoms. The molecule has 0 radical (unpaired) electrons. The van der Waals surface area contributed by atoms with Gasteiger partial charge in [-0.25, -0.2) is 18.3 Å². The molecule has 3 aromatic rings. The number of rotatable bonds is 12. The van der Waals surface area contributed by atoms with Gasteiger partial charge in [0.1, 0.15) is 24.0 Å². The number of anilines is 2. The van der Waals surface area contributed by atoms with E-state index in [2.05, 4.69) is 25.4 Å². The van der Waals surface area contributed by atoms with Crippen molar-refractivity contribution in [2.45, 2.75) is 62.7 Å². The minimum absolute atomic E-state index is 0.00790. The van der Waals surface area contributed by atoms with Crippen molar-refractivity contribution in [1.29, 1.82) is 0 Å². The highest BCUT2D eigenvalue weighted by molar-refractivity contribution is 7.52. The number of nitrogen functional groups attached to an aromatic ring is 1. The lowest BCUT2D eigenvalue weighted by Crippen LogP contribution is -2.48. The van der Waals surface area contributed by atoms with Crippen LogP contribution < -0.4 is 20.7 Å². The van der Waals surface area contributed by atoms with Gasteiger partial charge < -0.3 is 30.2 Å².